The molecule has 1 aliphatic rings. The lowest BCUT2D eigenvalue weighted by Gasteiger charge is -2.35. The van der Waals surface area contributed by atoms with Gasteiger partial charge in [0.05, 0.1) is 16.3 Å². The van der Waals surface area contributed by atoms with Crippen molar-refractivity contribution in [3.8, 4) is 0 Å². The van der Waals surface area contributed by atoms with Crippen molar-refractivity contribution in [3.63, 3.8) is 0 Å². The lowest BCUT2D eigenvalue weighted by Crippen LogP contribution is -2.40. The molecule has 2 heterocycles. The van der Waals surface area contributed by atoms with E-state index in [1.807, 2.05) is 12.1 Å². The second-order valence-corrected chi connectivity index (χ2v) is 6.36. The first-order chi connectivity index (χ1) is 11.7. The van der Waals surface area contributed by atoms with Crippen molar-refractivity contribution in [1.82, 2.24) is 9.97 Å². The van der Waals surface area contributed by atoms with Crippen LogP contribution in [-0.4, -0.2) is 28.5 Å². The highest BCUT2D eigenvalue weighted by atomic mass is 35.5. The fourth-order valence-electron chi connectivity index (χ4n) is 3.03. The average Bonchev–Trinajstić information content (AvgIpc) is 2.63. The molecular weight excluding hydrogens is 324 g/mol. The second-order valence-electron chi connectivity index (χ2n) is 5.96. The molecule has 0 bridgehead atoms. The topological polar surface area (TPSA) is 58.1 Å². The number of nitrogens with zero attached hydrogens (tertiary/aromatic N) is 3. The molecule has 2 aromatic rings. The highest BCUT2D eigenvalue weighted by Gasteiger charge is 2.23. The van der Waals surface area contributed by atoms with E-state index in [1.54, 1.807) is 24.5 Å². The van der Waals surface area contributed by atoms with Gasteiger partial charge in [0.15, 0.2) is 0 Å². The quantitative estimate of drug-likeness (QED) is 0.905. The molecule has 1 aromatic carbocycles. The summed E-state index contributed by atoms with van der Waals surface area (Å²) in [5.74, 6) is 0.441. The number of halogens is 1. The number of rotatable bonds is 4. The van der Waals surface area contributed by atoms with Gasteiger partial charge in [-0.2, -0.15) is 0 Å². The number of hydrogen-bond acceptors (Lipinski definition) is 4. The zero-order valence-corrected chi connectivity index (χ0v) is 14.5. The standard InChI is InChI=1S/C18H21ClN4O/c1-2-14-7-5-6-10-23(14)18-20-11-13(12-21-18)17(24)22-16-9-4-3-8-15(16)19/h3-4,8-9,11-12,14H,2,5-7,10H2,1H3,(H,22,24). The molecule has 0 radical (unpaired) electrons. The molecule has 1 amide bonds. The van der Waals surface area contributed by atoms with Crippen LogP contribution in [-0.2, 0) is 0 Å². The fourth-order valence-corrected chi connectivity index (χ4v) is 3.22. The van der Waals surface area contributed by atoms with Gasteiger partial charge in [0.1, 0.15) is 0 Å². The Morgan fingerprint density at radius 3 is 2.75 bits per heavy atom. The molecule has 1 aromatic heterocycles. The maximum Gasteiger partial charge on any atom is 0.258 e. The molecule has 5 nitrogen and oxygen atoms in total. The Morgan fingerprint density at radius 2 is 2.04 bits per heavy atom. The van der Waals surface area contributed by atoms with E-state index in [1.165, 1.54) is 12.8 Å². The normalized spacial score (nSPS) is 17.6. The fraction of sp³-hybridized carbons (Fsp3) is 0.389. The van der Waals surface area contributed by atoms with Gasteiger partial charge in [-0.25, -0.2) is 9.97 Å². The molecule has 3 rings (SSSR count). The van der Waals surface area contributed by atoms with E-state index in [0.717, 1.165) is 19.4 Å². The summed E-state index contributed by atoms with van der Waals surface area (Å²) >= 11 is 6.06. The third-order valence-corrected chi connectivity index (χ3v) is 4.71. The van der Waals surface area contributed by atoms with E-state index in [9.17, 15) is 4.79 Å². The zero-order chi connectivity index (χ0) is 16.9. The molecule has 0 spiro atoms. The summed E-state index contributed by atoms with van der Waals surface area (Å²) in [7, 11) is 0. The van der Waals surface area contributed by atoms with Crippen LogP contribution >= 0.6 is 11.6 Å². The Hall–Kier alpha value is -2.14. The first kappa shape index (κ1) is 16.7. The van der Waals surface area contributed by atoms with Crippen LogP contribution in [0.25, 0.3) is 0 Å². The SMILES string of the molecule is CCC1CCCCN1c1ncc(C(=O)Nc2ccccc2Cl)cn1. The van der Waals surface area contributed by atoms with Crippen LogP contribution < -0.4 is 10.2 Å². The van der Waals surface area contributed by atoms with Gasteiger partial charge in [-0.1, -0.05) is 30.7 Å². The van der Waals surface area contributed by atoms with E-state index in [-0.39, 0.29) is 5.91 Å². The first-order valence-corrected chi connectivity index (χ1v) is 8.71. The molecule has 1 unspecified atom stereocenters. The molecule has 6 heteroatoms. The predicted molar refractivity (Wildman–Crippen MR) is 96.7 cm³/mol. The minimum atomic E-state index is -0.264. The number of piperidine rings is 1. The lowest BCUT2D eigenvalue weighted by atomic mass is 10.0. The molecule has 0 aliphatic carbocycles. The molecule has 1 N–H and O–H groups in total. The van der Waals surface area contributed by atoms with E-state index >= 15 is 0 Å². The smallest absolute Gasteiger partial charge is 0.258 e. The number of nitrogens with one attached hydrogen (secondary N) is 1. The summed E-state index contributed by atoms with van der Waals surface area (Å²) in [5, 5.41) is 3.28. The van der Waals surface area contributed by atoms with Crippen molar-refractivity contribution >= 4 is 29.1 Å². The lowest BCUT2D eigenvalue weighted by molar-refractivity contribution is 0.102. The van der Waals surface area contributed by atoms with Crippen molar-refractivity contribution in [2.75, 3.05) is 16.8 Å². The Morgan fingerprint density at radius 1 is 1.29 bits per heavy atom. The first-order valence-electron chi connectivity index (χ1n) is 8.33. The number of benzene rings is 1. The Kier molecular flexibility index (Phi) is 5.30. The Bertz CT molecular complexity index is 704. The number of carbonyl (C=O) groups excluding carboxylic acids is 1. The predicted octanol–water partition coefficient (Wildman–Crippen LogP) is 4.15. The molecule has 1 fully saturated rings. The van der Waals surface area contributed by atoms with E-state index in [4.69, 9.17) is 11.6 Å². The van der Waals surface area contributed by atoms with Crippen LogP contribution in [0.4, 0.5) is 11.6 Å². The van der Waals surface area contributed by atoms with Crippen molar-refractivity contribution in [2.45, 2.75) is 38.6 Å². The molecule has 126 valence electrons. The summed E-state index contributed by atoms with van der Waals surface area (Å²) in [6.07, 6.45) is 7.83. The molecule has 1 aliphatic heterocycles. The van der Waals surface area contributed by atoms with Crippen molar-refractivity contribution in [1.29, 1.82) is 0 Å². The summed E-state index contributed by atoms with van der Waals surface area (Å²) in [4.78, 5) is 23.4. The highest BCUT2D eigenvalue weighted by Crippen LogP contribution is 2.24. The van der Waals surface area contributed by atoms with Gasteiger partial charge in [-0.3, -0.25) is 4.79 Å². The van der Waals surface area contributed by atoms with Crippen LogP contribution in [0.3, 0.4) is 0 Å². The molecule has 24 heavy (non-hydrogen) atoms. The monoisotopic (exact) mass is 344 g/mol. The van der Waals surface area contributed by atoms with Gasteiger partial charge < -0.3 is 10.2 Å². The minimum absolute atomic E-state index is 0.264. The summed E-state index contributed by atoms with van der Waals surface area (Å²) < 4.78 is 0. The second kappa shape index (κ2) is 7.62. The van der Waals surface area contributed by atoms with Gasteiger partial charge in [0.25, 0.3) is 5.91 Å². The van der Waals surface area contributed by atoms with Crippen molar-refractivity contribution < 1.29 is 4.79 Å². The van der Waals surface area contributed by atoms with Crippen LogP contribution in [0.5, 0.6) is 0 Å². The summed E-state index contributed by atoms with van der Waals surface area (Å²) in [6, 6.07) is 7.62. The third kappa shape index (κ3) is 3.67. The van der Waals surface area contributed by atoms with E-state index in [0.29, 0.717) is 28.3 Å². The van der Waals surface area contributed by atoms with Gasteiger partial charge >= 0.3 is 0 Å². The molecule has 0 saturated carbocycles. The van der Waals surface area contributed by atoms with Crippen LogP contribution in [0.2, 0.25) is 5.02 Å². The van der Waals surface area contributed by atoms with Crippen molar-refractivity contribution in [3.05, 3.63) is 47.2 Å². The largest absolute Gasteiger partial charge is 0.338 e. The van der Waals surface area contributed by atoms with Crippen LogP contribution in [0.1, 0.15) is 43.0 Å². The van der Waals surface area contributed by atoms with Gasteiger partial charge in [0.2, 0.25) is 5.95 Å². The molecule has 1 saturated heterocycles. The number of aromatic nitrogens is 2. The van der Waals surface area contributed by atoms with Gasteiger partial charge in [-0.15, -0.1) is 0 Å². The Labute approximate surface area is 147 Å². The number of para-hydroxylation sites is 1. The summed E-state index contributed by atoms with van der Waals surface area (Å²) in [6.45, 7) is 3.16. The van der Waals surface area contributed by atoms with Crippen molar-refractivity contribution in [2.24, 2.45) is 0 Å². The number of carbonyl (C=O) groups is 1. The zero-order valence-electron chi connectivity index (χ0n) is 13.7. The van der Waals surface area contributed by atoms with E-state index in [2.05, 4.69) is 27.1 Å². The maximum absolute atomic E-state index is 12.3. The number of anilines is 2. The van der Waals surface area contributed by atoms with Gasteiger partial charge in [0, 0.05) is 25.0 Å². The maximum atomic E-state index is 12.3. The number of amides is 1. The van der Waals surface area contributed by atoms with Gasteiger partial charge in [-0.05, 0) is 37.8 Å². The average molecular weight is 345 g/mol. The van der Waals surface area contributed by atoms with Crippen LogP contribution in [0, 0.1) is 0 Å². The Balaban J connectivity index is 1.72. The number of hydrogen-bond donors (Lipinski definition) is 1. The third-order valence-electron chi connectivity index (χ3n) is 4.38. The van der Waals surface area contributed by atoms with E-state index < -0.39 is 0 Å². The molecule has 1 atom stereocenters. The minimum Gasteiger partial charge on any atom is -0.338 e. The highest BCUT2D eigenvalue weighted by molar-refractivity contribution is 6.33. The van der Waals surface area contributed by atoms with Crippen LogP contribution in [0.15, 0.2) is 36.7 Å². The summed E-state index contributed by atoms with van der Waals surface area (Å²) in [5.41, 5.74) is 0.999. The molecular formula is C18H21ClN4O.